The van der Waals surface area contributed by atoms with Crippen LogP contribution in [0.1, 0.15) is 135 Å². The fourth-order valence-corrected chi connectivity index (χ4v) is 19.2. The molecule has 0 spiro atoms. The maximum Gasteiger partial charge on any atom is -1.00 e. The van der Waals surface area contributed by atoms with Crippen molar-refractivity contribution in [2.45, 2.75) is 132 Å². The molecule has 4 fully saturated rings. The summed E-state index contributed by atoms with van der Waals surface area (Å²) in [4.78, 5) is 0. The minimum Gasteiger partial charge on any atom is -1.00 e. The number of hydrogen-bond donors (Lipinski definition) is 0. The molecule has 1 unspecified atom stereocenters. The molecule has 0 aliphatic heterocycles. The molecule has 2 aromatic carbocycles. The zero-order chi connectivity index (χ0) is 31.7. The largest absolute Gasteiger partial charge is 1.00 e. The number of fused-ring (bicyclic) bond motifs is 3. The van der Waals surface area contributed by atoms with Crippen molar-refractivity contribution in [3.05, 3.63) is 72.6 Å². The quantitative estimate of drug-likeness (QED) is 0.361. The van der Waals surface area contributed by atoms with Crippen molar-refractivity contribution in [1.29, 1.82) is 0 Å². The number of rotatable bonds is 3. The van der Waals surface area contributed by atoms with Crippen LogP contribution in [-0.2, 0) is 38.5 Å². The molecule has 3 heteroatoms. The average molecular weight is 737 g/mol. The van der Waals surface area contributed by atoms with E-state index < -0.39 is 21.3 Å². The number of halogens is 2. The Hall–Kier alpha value is -0.747. The van der Waals surface area contributed by atoms with Crippen molar-refractivity contribution < 1.29 is 46.1 Å². The standard InChI is InChI=1S/C23H29.C17H23.C3H6.2ClH.Zr/c1-14-9-16-11-17-10-15(2)21(23(6,7)8)13-19(17)18(16)12-20(14)22(3,4)5;1-11-3-4-14(5-11)17(2)15-7-12-6-13(9-15)10-16(17)8-12;1-3-2;;;/h9,12-13H,11H2,1-8H3;4-5,11-13,15-16H,6-10H2,1-2H3;1-2H3;2*1H;/q;;;;;+2/p-2. The van der Waals surface area contributed by atoms with Gasteiger partial charge in [-0.15, -0.1) is 0 Å². The van der Waals surface area contributed by atoms with Gasteiger partial charge in [-0.1, -0.05) is 0 Å². The second kappa shape index (κ2) is 12.2. The SMILES string of the molecule is C[C](C)=[Zr+2]([C]1=CC(C2(C)C3CC4CC(C3)CC2C4)=CC1C)[c]1c(C)c(C(C)(C)C)cc2c1Cc1cc(C)c(C(C)(C)C)cc1-2.[Cl-].[Cl-]. The molecule has 4 saturated carbocycles. The van der Waals surface area contributed by atoms with Crippen LogP contribution in [0.15, 0.2) is 39.2 Å². The first-order valence-electron chi connectivity index (χ1n) is 17.9. The summed E-state index contributed by atoms with van der Waals surface area (Å²) < 4.78 is 5.43. The Bertz CT molecular complexity index is 1640. The van der Waals surface area contributed by atoms with Crippen molar-refractivity contribution >= 4 is 6.48 Å². The molecule has 8 rings (SSSR count). The third-order valence-corrected chi connectivity index (χ3v) is 21.4. The normalized spacial score (nSPS) is 28.8. The maximum absolute atomic E-state index is 2.84. The molecule has 0 nitrogen and oxygen atoms in total. The van der Waals surface area contributed by atoms with E-state index in [0.717, 1.165) is 30.1 Å². The van der Waals surface area contributed by atoms with Crippen LogP contribution < -0.4 is 28.1 Å². The van der Waals surface area contributed by atoms with E-state index in [1.807, 2.05) is 6.55 Å². The van der Waals surface area contributed by atoms with E-state index in [0.29, 0.717) is 11.3 Å². The van der Waals surface area contributed by atoms with Crippen molar-refractivity contribution in [3.8, 4) is 11.1 Å². The van der Waals surface area contributed by atoms with Crippen LogP contribution in [-0.4, -0.2) is 3.21 Å². The molecule has 248 valence electrons. The van der Waals surface area contributed by atoms with Crippen molar-refractivity contribution in [2.24, 2.45) is 35.0 Å². The van der Waals surface area contributed by atoms with E-state index in [9.17, 15) is 0 Å². The average Bonchev–Trinajstić information content (AvgIpc) is 3.46. The van der Waals surface area contributed by atoms with Gasteiger partial charge in [-0.25, -0.2) is 0 Å². The molecule has 6 aliphatic rings. The van der Waals surface area contributed by atoms with Gasteiger partial charge in [-0.05, 0) is 0 Å². The first-order valence-corrected chi connectivity index (χ1v) is 21.6. The Kier molecular flexibility index (Phi) is 9.72. The van der Waals surface area contributed by atoms with E-state index >= 15 is 0 Å². The zero-order valence-corrected chi connectivity index (χ0v) is 34.7. The molecule has 0 saturated heterocycles. The van der Waals surface area contributed by atoms with Gasteiger partial charge in [0, 0.05) is 0 Å². The van der Waals surface area contributed by atoms with Gasteiger partial charge in [-0.3, -0.25) is 0 Å². The van der Waals surface area contributed by atoms with Crippen LogP contribution in [0.3, 0.4) is 0 Å². The first-order chi connectivity index (χ1) is 20.5. The first kappa shape index (κ1) is 36.5. The Balaban J connectivity index is 0.00000208. The maximum atomic E-state index is 2.84. The van der Waals surface area contributed by atoms with Gasteiger partial charge in [0.1, 0.15) is 0 Å². The second-order valence-electron chi connectivity index (χ2n) is 18.4. The second-order valence-corrected chi connectivity index (χ2v) is 25.4. The smallest absolute Gasteiger partial charge is 1.00 e. The summed E-state index contributed by atoms with van der Waals surface area (Å²) in [5.74, 6) is 4.46. The third-order valence-electron chi connectivity index (χ3n) is 13.1. The molecular formula is C43H58Cl2Zr. The molecular weight excluding hydrogens is 679 g/mol. The fraction of sp³-hybridized carbons (Fsp3) is 0.605. The van der Waals surface area contributed by atoms with Crippen molar-refractivity contribution in [3.63, 3.8) is 0 Å². The van der Waals surface area contributed by atoms with Gasteiger partial charge in [0.15, 0.2) is 0 Å². The van der Waals surface area contributed by atoms with Crippen LogP contribution in [0.2, 0.25) is 0 Å². The predicted molar refractivity (Wildman–Crippen MR) is 188 cm³/mol. The molecule has 0 heterocycles. The van der Waals surface area contributed by atoms with Gasteiger partial charge in [-0.2, -0.15) is 0 Å². The van der Waals surface area contributed by atoms with Crippen LogP contribution in [0.4, 0.5) is 0 Å². The van der Waals surface area contributed by atoms with Gasteiger partial charge in [0.2, 0.25) is 0 Å². The molecule has 46 heavy (non-hydrogen) atoms. The van der Waals surface area contributed by atoms with Gasteiger partial charge in [0.25, 0.3) is 0 Å². The summed E-state index contributed by atoms with van der Waals surface area (Å²) in [6.45, 7) is 29.6. The summed E-state index contributed by atoms with van der Waals surface area (Å²) in [5.41, 5.74) is 14.9. The van der Waals surface area contributed by atoms with E-state index in [-0.39, 0.29) is 35.6 Å². The van der Waals surface area contributed by atoms with E-state index in [1.165, 1.54) is 48.8 Å². The summed E-state index contributed by atoms with van der Waals surface area (Å²) in [7, 11) is 0. The van der Waals surface area contributed by atoms with Crippen molar-refractivity contribution in [2.75, 3.05) is 0 Å². The molecule has 0 amide bonds. The van der Waals surface area contributed by atoms with Crippen LogP contribution in [0, 0.1) is 48.9 Å². The molecule has 4 bridgehead atoms. The third kappa shape index (κ3) is 5.62. The number of benzene rings is 2. The monoisotopic (exact) mass is 734 g/mol. The molecule has 6 aliphatic carbocycles. The molecule has 0 radical (unpaired) electrons. The van der Waals surface area contributed by atoms with Gasteiger partial charge >= 0.3 is 279 Å². The predicted octanol–water partition coefficient (Wildman–Crippen LogP) is 4.86. The van der Waals surface area contributed by atoms with E-state index in [2.05, 4.69) is 113 Å². The molecule has 0 aromatic heterocycles. The van der Waals surface area contributed by atoms with Gasteiger partial charge < -0.3 is 24.8 Å². The topological polar surface area (TPSA) is 0 Å². The summed E-state index contributed by atoms with van der Waals surface area (Å²) >= 11 is -2.39. The zero-order valence-electron chi connectivity index (χ0n) is 30.8. The Labute approximate surface area is 301 Å². The number of aryl methyl sites for hydroxylation is 1. The number of allylic oxidation sites excluding steroid dienone is 4. The molecule has 2 aromatic rings. The van der Waals surface area contributed by atoms with Crippen LogP contribution >= 0.6 is 0 Å². The minimum absolute atomic E-state index is 0. The fourth-order valence-electron chi connectivity index (χ4n) is 11.2. The number of hydrogen-bond acceptors (Lipinski definition) is 0. The van der Waals surface area contributed by atoms with Gasteiger partial charge in [0.05, 0.1) is 0 Å². The van der Waals surface area contributed by atoms with E-state index in [4.69, 9.17) is 0 Å². The Morgan fingerprint density at radius 3 is 1.85 bits per heavy atom. The Morgan fingerprint density at radius 1 is 0.783 bits per heavy atom. The molecule has 0 N–H and O–H groups in total. The summed E-state index contributed by atoms with van der Waals surface area (Å²) in [6.07, 6.45) is 14.3. The minimum atomic E-state index is -2.39. The molecule has 1 atom stereocenters. The Morgan fingerprint density at radius 2 is 1.33 bits per heavy atom. The van der Waals surface area contributed by atoms with Crippen LogP contribution in [0.5, 0.6) is 0 Å². The van der Waals surface area contributed by atoms with Crippen LogP contribution in [0.25, 0.3) is 11.1 Å². The summed E-state index contributed by atoms with van der Waals surface area (Å²) in [5, 5.41) is 0. The van der Waals surface area contributed by atoms with E-state index in [1.54, 1.807) is 36.6 Å². The summed E-state index contributed by atoms with van der Waals surface area (Å²) in [6, 6.07) is 7.75. The van der Waals surface area contributed by atoms with Crippen molar-refractivity contribution in [1.82, 2.24) is 0 Å².